The maximum atomic E-state index is 13.8. The summed E-state index contributed by atoms with van der Waals surface area (Å²) in [5.41, 5.74) is -0.112. The highest BCUT2D eigenvalue weighted by Crippen LogP contribution is 2.26. The number of amides is 1. The summed E-state index contributed by atoms with van der Waals surface area (Å²) < 4.78 is 71.8. The molecule has 2 aromatic carbocycles. The highest BCUT2D eigenvalue weighted by molar-refractivity contribution is 7.89. The Morgan fingerprint density at radius 1 is 1.00 bits per heavy atom. The molecule has 32 heavy (non-hydrogen) atoms. The van der Waals surface area contributed by atoms with Crippen molar-refractivity contribution >= 4 is 21.9 Å². The lowest BCUT2D eigenvalue weighted by Crippen LogP contribution is -2.41. The highest BCUT2D eigenvalue weighted by Gasteiger charge is 2.32. The van der Waals surface area contributed by atoms with Crippen LogP contribution in [0.4, 0.5) is 19.2 Å². The van der Waals surface area contributed by atoms with Gasteiger partial charge in [-0.15, -0.1) is 5.10 Å². The molecule has 1 aromatic heterocycles. The number of nitrogens with one attached hydrogen (secondary N) is 1. The van der Waals surface area contributed by atoms with E-state index in [1.165, 1.54) is 16.4 Å². The summed E-state index contributed by atoms with van der Waals surface area (Å²) in [6, 6.07) is 7.13. The van der Waals surface area contributed by atoms with Crippen LogP contribution in [0.1, 0.15) is 12.8 Å². The Balaban J connectivity index is 1.37. The van der Waals surface area contributed by atoms with Gasteiger partial charge in [0.05, 0.1) is 10.5 Å². The molecule has 1 fully saturated rings. The molecule has 1 aliphatic heterocycles. The standard InChI is InChI=1S/C20H17F3N4O4S/c21-13-1-4-15(5-2-13)32(29,30)27-9-7-12(8-10-27)18(28)24-20-26-25-19(31-20)16-6-3-14(22)11-17(16)23/h1-6,11-12H,7-10H2,(H,24,26,28). The van der Waals surface area contributed by atoms with E-state index < -0.39 is 39.3 Å². The van der Waals surface area contributed by atoms with Gasteiger partial charge < -0.3 is 4.42 Å². The largest absolute Gasteiger partial charge is 0.403 e. The molecule has 8 nitrogen and oxygen atoms in total. The van der Waals surface area contributed by atoms with E-state index in [1.807, 2.05) is 0 Å². The molecule has 1 aliphatic rings. The second kappa shape index (κ2) is 8.71. The number of carbonyl (C=O) groups is 1. The van der Waals surface area contributed by atoms with Crippen molar-refractivity contribution in [2.75, 3.05) is 18.4 Å². The molecular weight excluding hydrogens is 449 g/mol. The minimum absolute atomic E-state index is 0.0202. The van der Waals surface area contributed by atoms with Crippen LogP contribution >= 0.6 is 0 Å². The summed E-state index contributed by atoms with van der Waals surface area (Å²) in [4.78, 5) is 12.5. The molecule has 168 valence electrons. The zero-order chi connectivity index (χ0) is 22.9. The van der Waals surface area contributed by atoms with Gasteiger partial charge in [0.1, 0.15) is 17.5 Å². The molecule has 0 spiro atoms. The molecule has 0 atom stereocenters. The normalized spacial score (nSPS) is 15.6. The first kappa shape index (κ1) is 22.0. The average Bonchev–Trinajstić information content (AvgIpc) is 3.22. The number of benzene rings is 2. The van der Waals surface area contributed by atoms with Crippen molar-refractivity contribution in [3.8, 4) is 11.5 Å². The van der Waals surface area contributed by atoms with Crippen LogP contribution in [-0.2, 0) is 14.8 Å². The van der Waals surface area contributed by atoms with Crippen molar-refractivity contribution in [1.29, 1.82) is 0 Å². The van der Waals surface area contributed by atoms with E-state index in [4.69, 9.17) is 4.42 Å². The number of nitrogens with zero attached hydrogens (tertiary/aromatic N) is 3. The Kier molecular flexibility index (Phi) is 5.98. The number of hydrogen-bond donors (Lipinski definition) is 1. The third-order valence-electron chi connectivity index (χ3n) is 5.09. The molecule has 4 rings (SSSR count). The molecule has 2 heterocycles. The summed E-state index contributed by atoms with van der Waals surface area (Å²) in [5, 5.41) is 9.74. The van der Waals surface area contributed by atoms with E-state index in [9.17, 15) is 26.4 Å². The van der Waals surface area contributed by atoms with Crippen LogP contribution in [0.15, 0.2) is 51.8 Å². The molecular formula is C20H17F3N4O4S. The Morgan fingerprint density at radius 2 is 1.66 bits per heavy atom. The maximum absolute atomic E-state index is 13.8. The van der Waals surface area contributed by atoms with Crippen LogP contribution in [0.25, 0.3) is 11.5 Å². The van der Waals surface area contributed by atoms with Gasteiger partial charge in [0.15, 0.2) is 0 Å². The maximum Gasteiger partial charge on any atom is 0.322 e. The fourth-order valence-electron chi connectivity index (χ4n) is 3.37. The summed E-state index contributed by atoms with van der Waals surface area (Å²) in [6.07, 6.45) is 0.500. The quantitative estimate of drug-likeness (QED) is 0.619. The van der Waals surface area contributed by atoms with Gasteiger partial charge in [0.2, 0.25) is 15.9 Å². The van der Waals surface area contributed by atoms with E-state index in [-0.39, 0.29) is 48.3 Å². The third-order valence-corrected chi connectivity index (χ3v) is 7.01. The van der Waals surface area contributed by atoms with Crippen LogP contribution < -0.4 is 5.32 Å². The van der Waals surface area contributed by atoms with Crippen LogP contribution in [0.3, 0.4) is 0 Å². The van der Waals surface area contributed by atoms with Gasteiger partial charge in [0.25, 0.3) is 5.89 Å². The molecule has 1 amide bonds. The number of anilines is 1. The number of aromatic nitrogens is 2. The van der Waals surface area contributed by atoms with Crippen LogP contribution in [-0.4, -0.2) is 41.9 Å². The first-order valence-corrected chi connectivity index (χ1v) is 11.0. The van der Waals surface area contributed by atoms with E-state index in [0.29, 0.717) is 6.07 Å². The summed E-state index contributed by atoms with van der Waals surface area (Å²) >= 11 is 0. The molecule has 0 unspecified atom stereocenters. The average molecular weight is 466 g/mol. The predicted molar refractivity (Wildman–Crippen MR) is 106 cm³/mol. The molecule has 1 N–H and O–H groups in total. The van der Waals surface area contributed by atoms with Gasteiger partial charge in [-0.2, -0.15) is 4.31 Å². The minimum atomic E-state index is -3.79. The van der Waals surface area contributed by atoms with Crippen LogP contribution in [0.2, 0.25) is 0 Å². The van der Waals surface area contributed by atoms with E-state index >= 15 is 0 Å². The van der Waals surface area contributed by atoms with Gasteiger partial charge in [-0.1, -0.05) is 5.10 Å². The second-order valence-electron chi connectivity index (χ2n) is 7.16. The fraction of sp³-hybridized carbons (Fsp3) is 0.250. The summed E-state index contributed by atoms with van der Waals surface area (Å²) in [5.74, 6) is -3.36. The molecule has 12 heteroatoms. The first-order valence-electron chi connectivity index (χ1n) is 9.59. The van der Waals surface area contributed by atoms with Crippen LogP contribution in [0, 0.1) is 23.4 Å². The number of halogens is 3. The van der Waals surface area contributed by atoms with Gasteiger partial charge in [-0.05, 0) is 49.2 Å². The Bertz CT molecular complexity index is 1240. The number of piperidine rings is 1. The van der Waals surface area contributed by atoms with Crippen molar-refractivity contribution in [3.63, 3.8) is 0 Å². The van der Waals surface area contributed by atoms with Gasteiger partial charge in [-0.3, -0.25) is 10.1 Å². The van der Waals surface area contributed by atoms with Gasteiger partial charge in [-0.25, -0.2) is 21.6 Å². The van der Waals surface area contributed by atoms with Crippen LogP contribution in [0.5, 0.6) is 0 Å². The van der Waals surface area contributed by atoms with Gasteiger partial charge >= 0.3 is 6.01 Å². The summed E-state index contributed by atoms with van der Waals surface area (Å²) in [6.45, 7) is 0.210. The van der Waals surface area contributed by atoms with Crippen molar-refractivity contribution in [2.24, 2.45) is 5.92 Å². The topological polar surface area (TPSA) is 105 Å². The van der Waals surface area contributed by atoms with Gasteiger partial charge in [0, 0.05) is 25.1 Å². The number of sulfonamides is 1. The third kappa shape index (κ3) is 4.50. The Morgan fingerprint density at radius 3 is 2.31 bits per heavy atom. The Hall–Kier alpha value is -3.25. The number of hydrogen-bond acceptors (Lipinski definition) is 6. The predicted octanol–water partition coefficient (Wildman–Crippen LogP) is 3.19. The Labute approximate surface area is 181 Å². The van der Waals surface area contributed by atoms with Crippen molar-refractivity contribution in [2.45, 2.75) is 17.7 Å². The zero-order valence-electron chi connectivity index (χ0n) is 16.5. The second-order valence-corrected chi connectivity index (χ2v) is 9.10. The molecule has 1 saturated heterocycles. The lowest BCUT2D eigenvalue weighted by atomic mass is 9.97. The minimum Gasteiger partial charge on any atom is -0.403 e. The van der Waals surface area contributed by atoms with E-state index in [1.54, 1.807) is 0 Å². The highest BCUT2D eigenvalue weighted by atomic mass is 32.2. The molecule has 0 bridgehead atoms. The lowest BCUT2D eigenvalue weighted by molar-refractivity contribution is -0.121. The smallest absolute Gasteiger partial charge is 0.322 e. The number of carbonyl (C=O) groups excluding carboxylic acids is 1. The molecule has 0 aliphatic carbocycles. The fourth-order valence-corrected chi connectivity index (χ4v) is 4.84. The van der Waals surface area contributed by atoms with E-state index in [2.05, 4.69) is 15.5 Å². The SMILES string of the molecule is O=C(Nc1nnc(-c2ccc(F)cc2F)o1)C1CCN(S(=O)(=O)c2ccc(F)cc2)CC1. The van der Waals surface area contributed by atoms with E-state index in [0.717, 1.165) is 24.3 Å². The first-order chi connectivity index (χ1) is 15.2. The summed E-state index contributed by atoms with van der Waals surface area (Å²) in [7, 11) is -3.79. The molecule has 0 radical (unpaired) electrons. The van der Waals surface area contributed by atoms with Crippen molar-refractivity contribution in [3.05, 3.63) is 59.9 Å². The van der Waals surface area contributed by atoms with Crippen molar-refractivity contribution in [1.82, 2.24) is 14.5 Å². The molecule has 0 saturated carbocycles. The monoisotopic (exact) mass is 466 g/mol. The molecule has 3 aromatic rings. The lowest BCUT2D eigenvalue weighted by Gasteiger charge is -2.30. The zero-order valence-corrected chi connectivity index (χ0v) is 17.3. The van der Waals surface area contributed by atoms with Crippen molar-refractivity contribution < 1.29 is 30.8 Å². The number of rotatable bonds is 5.